The molecule has 1 aromatic carbocycles. The summed E-state index contributed by atoms with van der Waals surface area (Å²) in [5.41, 5.74) is 5.76. The van der Waals surface area contributed by atoms with Crippen molar-refractivity contribution in [2.45, 2.75) is 26.8 Å². The second-order valence-corrected chi connectivity index (χ2v) is 4.16. The van der Waals surface area contributed by atoms with Crippen LogP contribution in [0.5, 0.6) is 0 Å². The molecule has 0 saturated carbocycles. The van der Waals surface area contributed by atoms with Crippen LogP contribution in [0, 0.1) is 6.92 Å². The van der Waals surface area contributed by atoms with E-state index in [0.29, 0.717) is 0 Å². The number of fused-ring (bicyclic) bond motifs is 3. The Hall–Kier alpha value is -1.77. The topological polar surface area (TPSA) is 38.1 Å². The molecule has 0 saturated heterocycles. The number of aryl methyl sites for hydroxylation is 2. The van der Waals surface area contributed by atoms with Gasteiger partial charge in [-0.3, -0.25) is 0 Å². The Morgan fingerprint density at radius 3 is 3.12 bits per heavy atom. The summed E-state index contributed by atoms with van der Waals surface area (Å²) >= 11 is 0. The smallest absolute Gasteiger partial charge is 0.174 e. The Morgan fingerprint density at radius 2 is 2.31 bits per heavy atom. The molecule has 1 aliphatic rings. The van der Waals surface area contributed by atoms with E-state index in [1.54, 1.807) is 0 Å². The lowest BCUT2D eigenvalue weighted by Crippen LogP contribution is -2.08. The van der Waals surface area contributed by atoms with E-state index in [-0.39, 0.29) is 0 Å². The lowest BCUT2D eigenvalue weighted by molar-refractivity contribution is 0.426. The molecule has 3 nitrogen and oxygen atoms in total. The van der Waals surface area contributed by atoms with Gasteiger partial charge in [0.1, 0.15) is 0 Å². The van der Waals surface area contributed by atoms with Gasteiger partial charge in [0.2, 0.25) is 0 Å². The van der Waals surface area contributed by atoms with E-state index < -0.39 is 0 Å². The van der Waals surface area contributed by atoms with Gasteiger partial charge in [0.15, 0.2) is 5.76 Å². The van der Waals surface area contributed by atoms with Crippen LogP contribution in [0.2, 0.25) is 0 Å². The number of anilines is 1. The molecule has 0 fully saturated rings. The third-order valence-electron chi connectivity index (χ3n) is 3.18. The molecule has 82 valence electrons. The first kappa shape index (κ1) is 9.46. The first-order chi connectivity index (χ1) is 7.79. The van der Waals surface area contributed by atoms with Gasteiger partial charge in [-0.1, -0.05) is 18.1 Å². The molecule has 2 aromatic rings. The van der Waals surface area contributed by atoms with E-state index in [1.165, 1.54) is 11.1 Å². The largest absolute Gasteiger partial charge is 0.380 e. The summed E-state index contributed by atoms with van der Waals surface area (Å²) in [4.78, 5) is 0. The van der Waals surface area contributed by atoms with Crippen LogP contribution in [0.25, 0.3) is 11.3 Å². The lowest BCUT2D eigenvalue weighted by atomic mass is 9.98. The van der Waals surface area contributed by atoms with Crippen LogP contribution in [0.3, 0.4) is 0 Å². The Balaban J connectivity index is 2.22. The molecule has 1 aliphatic heterocycles. The number of benzene rings is 1. The molecular weight excluding hydrogens is 200 g/mol. The van der Waals surface area contributed by atoms with E-state index in [0.717, 1.165) is 35.7 Å². The molecule has 1 N–H and O–H groups in total. The molecule has 0 atom stereocenters. The van der Waals surface area contributed by atoms with Crippen molar-refractivity contribution in [3.63, 3.8) is 0 Å². The molecule has 0 bridgehead atoms. The average Bonchev–Trinajstić information content (AvgIpc) is 2.71. The zero-order valence-electron chi connectivity index (χ0n) is 9.50. The third-order valence-corrected chi connectivity index (χ3v) is 3.18. The number of hydrogen-bond donors (Lipinski definition) is 1. The Morgan fingerprint density at radius 1 is 1.44 bits per heavy atom. The van der Waals surface area contributed by atoms with E-state index in [1.807, 2.05) is 6.92 Å². The molecule has 3 rings (SSSR count). The summed E-state index contributed by atoms with van der Waals surface area (Å²) in [5, 5.41) is 7.43. The van der Waals surface area contributed by atoms with Crippen molar-refractivity contribution in [2.24, 2.45) is 0 Å². The molecule has 0 aliphatic carbocycles. The summed E-state index contributed by atoms with van der Waals surface area (Å²) in [6.45, 7) is 4.95. The molecule has 0 unspecified atom stereocenters. The minimum Gasteiger partial charge on any atom is -0.380 e. The minimum absolute atomic E-state index is 0.809. The van der Waals surface area contributed by atoms with E-state index in [2.05, 4.69) is 35.6 Å². The predicted molar refractivity (Wildman–Crippen MR) is 63.4 cm³/mol. The monoisotopic (exact) mass is 214 g/mol. The van der Waals surface area contributed by atoms with Crippen molar-refractivity contribution in [3.05, 3.63) is 35.0 Å². The summed E-state index contributed by atoms with van der Waals surface area (Å²) in [7, 11) is 0. The summed E-state index contributed by atoms with van der Waals surface area (Å²) in [5.74, 6) is 0.932. The van der Waals surface area contributed by atoms with E-state index in [9.17, 15) is 0 Å². The van der Waals surface area contributed by atoms with Crippen molar-refractivity contribution in [2.75, 3.05) is 5.32 Å². The fourth-order valence-corrected chi connectivity index (χ4v) is 2.15. The molecule has 3 heteroatoms. The first-order valence-electron chi connectivity index (χ1n) is 5.62. The predicted octanol–water partition coefficient (Wildman–Crippen LogP) is 3.14. The second-order valence-electron chi connectivity index (χ2n) is 4.16. The van der Waals surface area contributed by atoms with Gasteiger partial charge in [0.05, 0.1) is 5.69 Å². The maximum Gasteiger partial charge on any atom is 0.174 e. The number of hydrogen-bond acceptors (Lipinski definition) is 3. The van der Waals surface area contributed by atoms with E-state index >= 15 is 0 Å². The zero-order valence-corrected chi connectivity index (χ0v) is 9.50. The number of nitrogens with zero attached hydrogens (tertiary/aromatic N) is 1. The van der Waals surface area contributed by atoms with Crippen LogP contribution >= 0.6 is 0 Å². The maximum absolute atomic E-state index is 5.42. The molecule has 0 spiro atoms. The second kappa shape index (κ2) is 3.37. The molecule has 0 amide bonds. The van der Waals surface area contributed by atoms with Crippen molar-refractivity contribution < 1.29 is 4.52 Å². The Bertz CT molecular complexity index is 543. The molecule has 16 heavy (non-hydrogen) atoms. The van der Waals surface area contributed by atoms with Gasteiger partial charge in [0, 0.05) is 23.4 Å². The van der Waals surface area contributed by atoms with Crippen LogP contribution in [-0.2, 0) is 13.0 Å². The SMILES string of the molecule is CCc1ccc2c(c1)-c1onc(C)c1CN2. The highest BCUT2D eigenvalue weighted by atomic mass is 16.5. The van der Waals surface area contributed by atoms with Crippen LogP contribution in [-0.4, -0.2) is 5.16 Å². The van der Waals surface area contributed by atoms with Crippen LogP contribution in [0.4, 0.5) is 5.69 Å². The Labute approximate surface area is 94.5 Å². The van der Waals surface area contributed by atoms with Gasteiger partial charge in [-0.05, 0) is 31.0 Å². The van der Waals surface area contributed by atoms with Crippen LogP contribution in [0.15, 0.2) is 22.7 Å². The summed E-state index contributed by atoms with van der Waals surface area (Å²) < 4.78 is 5.42. The number of aromatic nitrogens is 1. The van der Waals surface area contributed by atoms with Gasteiger partial charge in [-0.25, -0.2) is 0 Å². The van der Waals surface area contributed by atoms with Crippen molar-refractivity contribution >= 4 is 5.69 Å². The summed E-state index contributed by atoms with van der Waals surface area (Å²) in [6, 6.07) is 6.46. The minimum atomic E-state index is 0.809. The van der Waals surface area contributed by atoms with Gasteiger partial charge in [-0.15, -0.1) is 0 Å². The van der Waals surface area contributed by atoms with Gasteiger partial charge in [0.25, 0.3) is 0 Å². The Kier molecular flexibility index (Phi) is 1.99. The van der Waals surface area contributed by atoms with Crippen LogP contribution in [0.1, 0.15) is 23.7 Å². The quantitative estimate of drug-likeness (QED) is 0.792. The lowest BCUT2D eigenvalue weighted by Gasteiger charge is -2.17. The molecule has 1 aromatic heterocycles. The number of rotatable bonds is 1. The van der Waals surface area contributed by atoms with Gasteiger partial charge in [-0.2, -0.15) is 0 Å². The van der Waals surface area contributed by atoms with E-state index in [4.69, 9.17) is 4.52 Å². The summed E-state index contributed by atoms with van der Waals surface area (Å²) in [6.07, 6.45) is 1.04. The molecule has 2 heterocycles. The fraction of sp³-hybridized carbons (Fsp3) is 0.308. The third kappa shape index (κ3) is 1.24. The van der Waals surface area contributed by atoms with Crippen molar-refractivity contribution in [3.8, 4) is 11.3 Å². The van der Waals surface area contributed by atoms with Crippen LogP contribution < -0.4 is 5.32 Å². The van der Waals surface area contributed by atoms with Crippen molar-refractivity contribution in [1.29, 1.82) is 0 Å². The van der Waals surface area contributed by atoms with Gasteiger partial charge < -0.3 is 9.84 Å². The number of nitrogens with one attached hydrogen (secondary N) is 1. The zero-order chi connectivity index (χ0) is 11.1. The average molecular weight is 214 g/mol. The highest BCUT2D eigenvalue weighted by Crippen LogP contribution is 2.37. The maximum atomic E-state index is 5.42. The fourth-order valence-electron chi connectivity index (χ4n) is 2.15. The standard InChI is InChI=1S/C13H14N2O/c1-3-9-4-5-12-10(6-9)13-11(7-14-12)8(2)15-16-13/h4-6,14H,3,7H2,1-2H3. The normalized spacial score (nSPS) is 12.9. The molecular formula is C13H14N2O. The highest BCUT2D eigenvalue weighted by molar-refractivity contribution is 5.80. The van der Waals surface area contributed by atoms with Gasteiger partial charge >= 0.3 is 0 Å². The highest BCUT2D eigenvalue weighted by Gasteiger charge is 2.22. The van der Waals surface area contributed by atoms with Crippen molar-refractivity contribution in [1.82, 2.24) is 5.16 Å². The first-order valence-corrected chi connectivity index (χ1v) is 5.62. The molecule has 0 radical (unpaired) electrons.